The first kappa shape index (κ1) is 20.2. The number of rotatable bonds is 4. The molecule has 0 bridgehead atoms. The van der Waals surface area contributed by atoms with Crippen LogP contribution in [-0.2, 0) is 0 Å². The molecule has 1 aromatic carbocycles. The molecule has 1 aliphatic rings. The lowest BCUT2D eigenvalue weighted by atomic mass is 9.88. The number of amides is 2. The van der Waals surface area contributed by atoms with E-state index in [1.165, 1.54) is 25.9 Å². The third kappa shape index (κ3) is 4.16. The number of hydrogen-bond acceptors (Lipinski definition) is 3. The summed E-state index contributed by atoms with van der Waals surface area (Å²) in [7, 11) is 1.49. The van der Waals surface area contributed by atoms with Gasteiger partial charge >= 0.3 is 12.2 Å². The van der Waals surface area contributed by atoms with Gasteiger partial charge in [-0.2, -0.15) is 13.2 Å². The molecule has 2 rings (SSSR count). The van der Waals surface area contributed by atoms with E-state index in [9.17, 15) is 18.0 Å². The Bertz CT molecular complexity index is 660. The molecule has 0 aromatic heterocycles. The molecule has 1 aliphatic heterocycles. The van der Waals surface area contributed by atoms with Gasteiger partial charge in [-0.05, 0) is 46.2 Å². The Hall–Kier alpha value is -2.12. The molecular formula is C18H25F3N2O3. The summed E-state index contributed by atoms with van der Waals surface area (Å²) >= 11 is 0. The van der Waals surface area contributed by atoms with E-state index >= 15 is 0 Å². The van der Waals surface area contributed by atoms with E-state index in [1.807, 2.05) is 13.8 Å². The zero-order valence-corrected chi connectivity index (χ0v) is 15.6. The van der Waals surface area contributed by atoms with Crippen LogP contribution in [0.15, 0.2) is 18.2 Å². The highest BCUT2D eigenvalue weighted by molar-refractivity contribution is 5.92. The van der Waals surface area contributed by atoms with Gasteiger partial charge in [0.2, 0.25) is 0 Å². The lowest BCUT2D eigenvalue weighted by Crippen LogP contribution is -2.51. The molecule has 5 nitrogen and oxygen atoms in total. The molecule has 1 fully saturated rings. The number of likely N-dealkylation sites (tertiary alicyclic amines) is 1. The second-order valence-electron chi connectivity index (χ2n) is 7.15. The molecule has 26 heavy (non-hydrogen) atoms. The highest BCUT2D eigenvalue weighted by atomic mass is 19.4. The van der Waals surface area contributed by atoms with Crippen LogP contribution < -0.4 is 14.8 Å². The number of methoxy groups -OCH3 is 1. The SMILES string of the molecule is COc1ccc(OC(C)C)c(NC(=O)N2CC[C@H](C(F)(F)F)C2(C)C)c1. The minimum atomic E-state index is -4.35. The van der Waals surface area contributed by atoms with E-state index in [0.717, 1.165) is 0 Å². The molecule has 1 heterocycles. The normalized spacial score (nSPS) is 19.6. The van der Waals surface area contributed by atoms with E-state index in [0.29, 0.717) is 17.2 Å². The second-order valence-corrected chi connectivity index (χ2v) is 7.15. The molecule has 1 aromatic rings. The van der Waals surface area contributed by atoms with Crippen molar-refractivity contribution in [2.75, 3.05) is 19.0 Å². The van der Waals surface area contributed by atoms with Gasteiger partial charge in [-0.3, -0.25) is 0 Å². The molecule has 1 atom stereocenters. The number of carbonyl (C=O) groups excluding carboxylic acids is 1. The maximum Gasteiger partial charge on any atom is 0.394 e. The van der Waals surface area contributed by atoms with Gasteiger partial charge in [-0.25, -0.2) is 4.79 Å². The summed E-state index contributed by atoms with van der Waals surface area (Å²) in [6.45, 7) is 6.59. The molecule has 0 radical (unpaired) electrons. The largest absolute Gasteiger partial charge is 0.497 e. The number of halogens is 3. The molecule has 8 heteroatoms. The number of nitrogens with zero attached hydrogens (tertiary/aromatic N) is 1. The Kier molecular flexibility index (Phi) is 5.63. The van der Waals surface area contributed by atoms with Gasteiger partial charge < -0.3 is 19.7 Å². The van der Waals surface area contributed by atoms with Gasteiger partial charge in [0.05, 0.1) is 30.4 Å². The minimum Gasteiger partial charge on any atom is -0.497 e. The number of urea groups is 1. The first-order valence-corrected chi connectivity index (χ1v) is 8.47. The molecule has 1 N–H and O–H groups in total. The topological polar surface area (TPSA) is 50.8 Å². The summed E-state index contributed by atoms with van der Waals surface area (Å²) in [5.41, 5.74) is -0.977. The standard InChI is InChI=1S/C18H25F3N2O3/c1-11(2)26-14-7-6-12(25-5)10-13(14)22-16(24)23-9-8-15(17(23,3)4)18(19,20)21/h6-7,10-11,15H,8-9H2,1-5H3,(H,22,24)/t15-/m0/s1. The monoisotopic (exact) mass is 374 g/mol. The number of benzene rings is 1. The number of anilines is 1. The van der Waals surface area contributed by atoms with Crippen molar-refractivity contribution in [3.8, 4) is 11.5 Å². The van der Waals surface area contributed by atoms with Crippen molar-refractivity contribution in [2.24, 2.45) is 5.92 Å². The molecule has 0 spiro atoms. The number of alkyl halides is 3. The van der Waals surface area contributed by atoms with Crippen molar-refractivity contribution in [2.45, 2.75) is 51.9 Å². The molecule has 0 saturated carbocycles. The van der Waals surface area contributed by atoms with Gasteiger partial charge in [0, 0.05) is 12.6 Å². The highest BCUT2D eigenvalue weighted by Crippen LogP contribution is 2.45. The Morgan fingerprint density at radius 2 is 2.00 bits per heavy atom. The first-order valence-electron chi connectivity index (χ1n) is 8.47. The number of ether oxygens (including phenoxy) is 2. The van der Waals surface area contributed by atoms with Crippen LogP contribution in [-0.4, -0.2) is 42.4 Å². The lowest BCUT2D eigenvalue weighted by molar-refractivity contribution is -0.189. The fraction of sp³-hybridized carbons (Fsp3) is 0.611. The van der Waals surface area contributed by atoms with E-state index in [4.69, 9.17) is 9.47 Å². The maximum atomic E-state index is 13.2. The van der Waals surface area contributed by atoms with Gasteiger partial charge in [0.25, 0.3) is 0 Å². The van der Waals surface area contributed by atoms with Crippen LogP contribution in [0.1, 0.15) is 34.1 Å². The van der Waals surface area contributed by atoms with Gasteiger partial charge in [0.1, 0.15) is 11.5 Å². The summed E-state index contributed by atoms with van der Waals surface area (Å²) in [4.78, 5) is 13.9. The molecule has 2 amide bonds. The highest BCUT2D eigenvalue weighted by Gasteiger charge is 2.56. The predicted octanol–water partition coefficient (Wildman–Crippen LogP) is 4.68. The first-order chi connectivity index (χ1) is 12.0. The predicted molar refractivity (Wildman–Crippen MR) is 92.7 cm³/mol. The van der Waals surface area contributed by atoms with Crippen LogP contribution >= 0.6 is 0 Å². The summed E-state index contributed by atoms with van der Waals surface area (Å²) in [6, 6.07) is 4.33. The zero-order chi connectivity index (χ0) is 19.7. The summed E-state index contributed by atoms with van der Waals surface area (Å²) in [6.07, 6.45) is -4.59. The van der Waals surface area contributed by atoms with Crippen LogP contribution in [0.25, 0.3) is 0 Å². The van der Waals surface area contributed by atoms with Crippen LogP contribution in [0.2, 0.25) is 0 Å². The third-order valence-electron chi connectivity index (χ3n) is 4.62. The zero-order valence-electron chi connectivity index (χ0n) is 15.6. The van der Waals surface area contributed by atoms with Crippen molar-refractivity contribution in [1.82, 2.24) is 4.90 Å². The van der Waals surface area contributed by atoms with Crippen LogP contribution in [0.4, 0.5) is 23.7 Å². The van der Waals surface area contributed by atoms with Crippen molar-refractivity contribution in [3.63, 3.8) is 0 Å². The average molecular weight is 374 g/mol. The third-order valence-corrected chi connectivity index (χ3v) is 4.62. The van der Waals surface area contributed by atoms with Gasteiger partial charge in [0.15, 0.2) is 0 Å². The fourth-order valence-corrected chi connectivity index (χ4v) is 3.29. The van der Waals surface area contributed by atoms with E-state index < -0.39 is 23.7 Å². The Labute approximate surface area is 151 Å². The lowest BCUT2D eigenvalue weighted by Gasteiger charge is -2.36. The quantitative estimate of drug-likeness (QED) is 0.833. The Morgan fingerprint density at radius 3 is 2.50 bits per heavy atom. The van der Waals surface area contributed by atoms with Crippen LogP contribution in [0.3, 0.4) is 0 Å². The van der Waals surface area contributed by atoms with Gasteiger partial charge in [-0.15, -0.1) is 0 Å². The number of carbonyl (C=O) groups is 1. The molecule has 146 valence electrons. The fourth-order valence-electron chi connectivity index (χ4n) is 3.29. The Morgan fingerprint density at radius 1 is 1.35 bits per heavy atom. The summed E-state index contributed by atoms with van der Waals surface area (Å²) in [5.74, 6) is -0.624. The molecular weight excluding hydrogens is 349 g/mol. The van der Waals surface area contributed by atoms with Crippen LogP contribution in [0, 0.1) is 5.92 Å². The van der Waals surface area contributed by atoms with Crippen molar-refractivity contribution in [3.05, 3.63) is 18.2 Å². The maximum absolute atomic E-state index is 13.2. The van der Waals surface area contributed by atoms with Gasteiger partial charge in [-0.1, -0.05) is 0 Å². The molecule has 0 aliphatic carbocycles. The summed E-state index contributed by atoms with van der Waals surface area (Å²) < 4.78 is 50.5. The molecule has 0 unspecified atom stereocenters. The second kappa shape index (κ2) is 7.25. The van der Waals surface area contributed by atoms with E-state index in [1.54, 1.807) is 18.2 Å². The van der Waals surface area contributed by atoms with E-state index in [2.05, 4.69) is 5.32 Å². The van der Waals surface area contributed by atoms with Crippen molar-refractivity contribution in [1.29, 1.82) is 0 Å². The number of nitrogens with one attached hydrogen (secondary N) is 1. The molecule has 1 saturated heterocycles. The summed E-state index contributed by atoms with van der Waals surface area (Å²) in [5, 5.41) is 2.67. The van der Waals surface area contributed by atoms with E-state index in [-0.39, 0.29) is 19.1 Å². The Balaban J connectivity index is 2.24. The van der Waals surface area contributed by atoms with Crippen molar-refractivity contribution < 1.29 is 27.4 Å². The smallest absolute Gasteiger partial charge is 0.394 e. The minimum absolute atomic E-state index is 0.0351. The van der Waals surface area contributed by atoms with Crippen molar-refractivity contribution >= 4 is 11.7 Å². The van der Waals surface area contributed by atoms with Crippen LogP contribution in [0.5, 0.6) is 11.5 Å². The average Bonchev–Trinajstić information content (AvgIpc) is 2.83. The number of hydrogen-bond donors (Lipinski definition) is 1.